The molecule has 3 aromatic rings. The summed E-state index contributed by atoms with van der Waals surface area (Å²) in [5.74, 6) is 0.619. The highest BCUT2D eigenvalue weighted by Crippen LogP contribution is 2.20. The average molecular weight is 400 g/mol. The maximum Gasteiger partial charge on any atom is 0.274 e. The quantitative estimate of drug-likeness (QED) is 0.465. The Labute approximate surface area is 170 Å². The van der Waals surface area contributed by atoms with Gasteiger partial charge in [0.1, 0.15) is 17.1 Å². The molecule has 0 radical (unpaired) electrons. The van der Waals surface area contributed by atoms with Crippen LogP contribution in [0.3, 0.4) is 0 Å². The van der Waals surface area contributed by atoms with Gasteiger partial charge in [-0.05, 0) is 43.2 Å². The number of aromatic nitrogens is 2. The van der Waals surface area contributed by atoms with E-state index in [4.69, 9.17) is 16.3 Å². The van der Waals surface area contributed by atoms with E-state index in [1.807, 2.05) is 31.2 Å². The van der Waals surface area contributed by atoms with Crippen LogP contribution in [0.15, 0.2) is 42.6 Å². The first-order chi connectivity index (χ1) is 13.6. The van der Waals surface area contributed by atoms with Crippen LogP contribution in [-0.2, 0) is 6.42 Å². The van der Waals surface area contributed by atoms with Gasteiger partial charge in [-0.25, -0.2) is 4.98 Å². The molecule has 0 unspecified atom stereocenters. The number of unbranched alkanes of at least 4 members (excludes halogenated alkanes) is 3. The number of carbonyl (C=O) groups excluding carboxylic acids is 1. The second kappa shape index (κ2) is 9.60. The Bertz CT molecular complexity index is 935. The third-order valence-corrected chi connectivity index (χ3v) is 4.82. The molecule has 0 aliphatic rings. The van der Waals surface area contributed by atoms with E-state index < -0.39 is 0 Å². The normalized spacial score (nSPS) is 11.0. The van der Waals surface area contributed by atoms with Crippen molar-refractivity contribution in [2.75, 3.05) is 11.9 Å². The van der Waals surface area contributed by atoms with Gasteiger partial charge in [0, 0.05) is 23.0 Å². The molecule has 3 rings (SSSR count). The number of nitrogens with zero attached hydrogens (tertiary/aromatic N) is 2. The van der Waals surface area contributed by atoms with E-state index in [9.17, 15) is 4.79 Å². The molecular formula is C22H26ClN3O2. The Morgan fingerprint density at radius 1 is 1.14 bits per heavy atom. The Morgan fingerprint density at radius 3 is 2.64 bits per heavy atom. The number of carbonyl (C=O) groups is 1. The third-order valence-electron chi connectivity index (χ3n) is 4.59. The molecule has 0 saturated heterocycles. The van der Waals surface area contributed by atoms with Crippen molar-refractivity contribution >= 4 is 28.8 Å². The predicted octanol–water partition coefficient (Wildman–Crippen LogP) is 5.76. The summed E-state index contributed by atoms with van der Waals surface area (Å²) in [6.45, 7) is 4.89. The fourth-order valence-corrected chi connectivity index (χ4v) is 3.25. The summed E-state index contributed by atoms with van der Waals surface area (Å²) in [5, 5.41) is 3.54. The lowest BCUT2D eigenvalue weighted by atomic mass is 10.2. The fraction of sp³-hybridized carbons (Fsp3) is 0.364. The summed E-state index contributed by atoms with van der Waals surface area (Å²) in [5.41, 5.74) is 2.66. The van der Waals surface area contributed by atoms with Crippen molar-refractivity contribution in [2.24, 2.45) is 0 Å². The van der Waals surface area contributed by atoms with Crippen LogP contribution >= 0.6 is 11.6 Å². The first-order valence-corrected chi connectivity index (χ1v) is 10.2. The molecule has 1 amide bonds. The zero-order valence-electron chi connectivity index (χ0n) is 16.4. The van der Waals surface area contributed by atoms with Gasteiger partial charge in [-0.1, -0.05) is 44.7 Å². The van der Waals surface area contributed by atoms with Crippen molar-refractivity contribution in [1.82, 2.24) is 9.38 Å². The minimum Gasteiger partial charge on any atom is -0.494 e. The molecule has 6 heteroatoms. The van der Waals surface area contributed by atoms with Gasteiger partial charge in [0.15, 0.2) is 0 Å². The fourth-order valence-electron chi connectivity index (χ4n) is 3.10. The maximum absolute atomic E-state index is 12.9. The molecule has 1 N–H and O–H groups in total. The Morgan fingerprint density at radius 2 is 1.93 bits per heavy atom. The van der Waals surface area contributed by atoms with E-state index in [-0.39, 0.29) is 5.91 Å². The summed E-state index contributed by atoms with van der Waals surface area (Å²) in [7, 11) is 0. The first-order valence-electron chi connectivity index (χ1n) is 9.83. The van der Waals surface area contributed by atoms with Gasteiger partial charge < -0.3 is 10.1 Å². The number of halogens is 1. The molecule has 5 nitrogen and oxygen atoms in total. The molecule has 148 valence electrons. The second-order valence-electron chi connectivity index (χ2n) is 6.72. The zero-order chi connectivity index (χ0) is 19.9. The lowest BCUT2D eigenvalue weighted by Gasteiger charge is -2.09. The van der Waals surface area contributed by atoms with E-state index in [1.54, 1.807) is 22.7 Å². The van der Waals surface area contributed by atoms with Gasteiger partial charge in [-0.15, -0.1) is 0 Å². The van der Waals surface area contributed by atoms with Crippen LogP contribution in [-0.4, -0.2) is 21.9 Å². The number of hydrogen-bond donors (Lipinski definition) is 1. The second-order valence-corrected chi connectivity index (χ2v) is 7.16. The number of rotatable bonds is 9. The molecule has 28 heavy (non-hydrogen) atoms. The van der Waals surface area contributed by atoms with Crippen LogP contribution in [0.5, 0.6) is 5.75 Å². The number of fused-ring (bicyclic) bond motifs is 1. The summed E-state index contributed by atoms with van der Waals surface area (Å²) >= 11 is 6.04. The van der Waals surface area contributed by atoms with E-state index in [1.165, 1.54) is 19.3 Å². The van der Waals surface area contributed by atoms with Crippen LogP contribution in [0.2, 0.25) is 5.02 Å². The summed E-state index contributed by atoms with van der Waals surface area (Å²) in [6.07, 6.45) is 7.14. The Balaban J connectivity index is 1.67. The van der Waals surface area contributed by atoms with Crippen LogP contribution in [0.1, 0.15) is 55.7 Å². The first kappa shape index (κ1) is 20.2. The van der Waals surface area contributed by atoms with Crippen molar-refractivity contribution < 1.29 is 9.53 Å². The van der Waals surface area contributed by atoms with Crippen molar-refractivity contribution in [3.05, 3.63) is 59.0 Å². The Kier molecular flexibility index (Phi) is 6.93. The number of ether oxygens (including phenoxy) is 1. The number of amides is 1. The minimum atomic E-state index is -0.195. The van der Waals surface area contributed by atoms with Gasteiger partial charge in [0.2, 0.25) is 0 Å². The third kappa shape index (κ3) is 4.84. The number of benzene rings is 1. The van der Waals surface area contributed by atoms with Gasteiger partial charge in [0.25, 0.3) is 5.91 Å². The molecule has 0 fully saturated rings. The highest BCUT2D eigenvalue weighted by atomic mass is 35.5. The standard InChI is InChI=1S/C22H26ClN3O2/c1-3-5-6-7-14-28-18-10-8-17(9-11-18)24-22(27)21-19(4-2)25-20-15-16(23)12-13-26(20)21/h8-13,15H,3-7,14H2,1-2H3,(H,24,27). The largest absolute Gasteiger partial charge is 0.494 e. The minimum absolute atomic E-state index is 0.195. The lowest BCUT2D eigenvalue weighted by Crippen LogP contribution is -2.16. The van der Waals surface area contributed by atoms with Crippen LogP contribution in [0.25, 0.3) is 5.65 Å². The molecule has 1 aromatic carbocycles. The van der Waals surface area contributed by atoms with E-state index in [0.29, 0.717) is 28.5 Å². The summed E-state index contributed by atoms with van der Waals surface area (Å²) in [4.78, 5) is 17.4. The number of anilines is 1. The number of hydrogen-bond acceptors (Lipinski definition) is 3. The highest BCUT2D eigenvalue weighted by molar-refractivity contribution is 6.30. The molecule has 2 aromatic heterocycles. The van der Waals surface area contributed by atoms with Crippen molar-refractivity contribution in [3.8, 4) is 5.75 Å². The van der Waals surface area contributed by atoms with Gasteiger partial charge in [0.05, 0.1) is 12.3 Å². The Hall–Kier alpha value is -2.53. The summed E-state index contributed by atoms with van der Waals surface area (Å²) < 4.78 is 7.52. The number of imidazole rings is 1. The molecule has 0 aliphatic carbocycles. The molecule has 0 bridgehead atoms. The van der Waals surface area contributed by atoms with Crippen molar-refractivity contribution in [2.45, 2.75) is 46.0 Å². The van der Waals surface area contributed by atoms with Crippen LogP contribution < -0.4 is 10.1 Å². The molecule has 0 atom stereocenters. The predicted molar refractivity (Wildman–Crippen MR) is 114 cm³/mol. The van der Waals surface area contributed by atoms with E-state index in [2.05, 4.69) is 17.2 Å². The number of aryl methyl sites for hydroxylation is 1. The molecule has 2 heterocycles. The number of pyridine rings is 1. The molecule has 0 saturated carbocycles. The van der Waals surface area contributed by atoms with Gasteiger partial charge in [-0.3, -0.25) is 9.20 Å². The lowest BCUT2D eigenvalue weighted by molar-refractivity contribution is 0.102. The van der Waals surface area contributed by atoms with Crippen molar-refractivity contribution in [1.29, 1.82) is 0 Å². The summed E-state index contributed by atoms with van der Waals surface area (Å²) in [6, 6.07) is 11.0. The molecule has 0 aliphatic heterocycles. The van der Waals surface area contributed by atoms with Crippen molar-refractivity contribution in [3.63, 3.8) is 0 Å². The zero-order valence-corrected chi connectivity index (χ0v) is 17.1. The molecular weight excluding hydrogens is 374 g/mol. The topological polar surface area (TPSA) is 55.6 Å². The maximum atomic E-state index is 12.9. The van der Waals surface area contributed by atoms with E-state index >= 15 is 0 Å². The van der Waals surface area contributed by atoms with Gasteiger partial charge in [-0.2, -0.15) is 0 Å². The van der Waals surface area contributed by atoms with E-state index in [0.717, 1.165) is 24.5 Å². The average Bonchev–Trinajstić information content (AvgIpc) is 3.06. The SMILES string of the molecule is CCCCCCOc1ccc(NC(=O)c2c(CC)nc3cc(Cl)ccn23)cc1. The van der Waals surface area contributed by atoms with Crippen LogP contribution in [0.4, 0.5) is 5.69 Å². The van der Waals surface area contributed by atoms with Crippen LogP contribution in [0, 0.1) is 0 Å². The monoisotopic (exact) mass is 399 g/mol. The highest BCUT2D eigenvalue weighted by Gasteiger charge is 2.18. The van der Waals surface area contributed by atoms with Gasteiger partial charge >= 0.3 is 0 Å². The smallest absolute Gasteiger partial charge is 0.274 e. The molecule has 0 spiro atoms. The number of nitrogens with one attached hydrogen (secondary N) is 1.